The van der Waals surface area contributed by atoms with Gasteiger partial charge in [-0.15, -0.1) is 0 Å². The van der Waals surface area contributed by atoms with Crippen LogP contribution in [0.25, 0.3) is 0 Å². The minimum Gasteiger partial charge on any atom is -0.480 e. The van der Waals surface area contributed by atoms with Crippen LogP contribution in [0.5, 0.6) is 5.75 Å². The van der Waals surface area contributed by atoms with Crippen molar-refractivity contribution >= 4 is 11.9 Å². The molecule has 1 aromatic rings. The highest BCUT2D eigenvalue weighted by atomic mass is 19.3. The van der Waals surface area contributed by atoms with Crippen molar-refractivity contribution in [1.29, 1.82) is 0 Å². The smallest absolute Gasteiger partial charge is 0.387 e. The Balaban J connectivity index is 2.19. The van der Waals surface area contributed by atoms with E-state index in [1.54, 1.807) is 0 Å². The van der Waals surface area contributed by atoms with Gasteiger partial charge >= 0.3 is 12.6 Å². The Hall–Kier alpha value is -2.25. The number of ether oxygens (including phenoxy) is 1. The molecule has 108 valence electrons. The van der Waals surface area contributed by atoms with Gasteiger partial charge in [0.25, 0.3) is 5.91 Å². The zero-order valence-corrected chi connectivity index (χ0v) is 10.0. The highest BCUT2D eigenvalue weighted by Gasteiger charge is 2.51. The van der Waals surface area contributed by atoms with E-state index in [9.17, 15) is 22.8 Å². The van der Waals surface area contributed by atoms with E-state index >= 15 is 0 Å². The number of amides is 1. The molecule has 1 fully saturated rings. The second-order valence-electron chi connectivity index (χ2n) is 4.36. The van der Waals surface area contributed by atoms with Crippen LogP contribution in [0.15, 0.2) is 18.2 Å². The first-order valence-corrected chi connectivity index (χ1v) is 5.64. The molecule has 0 aliphatic heterocycles. The number of carbonyl (C=O) groups is 2. The van der Waals surface area contributed by atoms with E-state index in [0.29, 0.717) is 0 Å². The zero-order valence-electron chi connectivity index (χ0n) is 10.0. The predicted molar refractivity (Wildman–Crippen MR) is 60.1 cm³/mol. The van der Waals surface area contributed by atoms with Crippen molar-refractivity contribution < 1.29 is 32.6 Å². The summed E-state index contributed by atoms with van der Waals surface area (Å²) in [5.41, 5.74) is -1.93. The summed E-state index contributed by atoms with van der Waals surface area (Å²) in [4.78, 5) is 22.7. The van der Waals surface area contributed by atoms with Crippen LogP contribution in [0.4, 0.5) is 13.2 Å². The van der Waals surface area contributed by atoms with Crippen molar-refractivity contribution in [2.24, 2.45) is 0 Å². The second-order valence-corrected chi connectivity index (χ2v) is 4.36. The highest BCUT2D eigenvalue weighted by Crippen LogP contribution is 2.36. The number of aliphatic carboxylic acids is 1. The molecular weight excluding hydrogens is 279 g/mol. The van der Waals surface area contributed by atoms with Gasteiger partial charge in [0.05, 0.1) is 5.56 Å². The van der Waals surface area contributed by atoms with Gasteiger partial charge in [0.2, 0.25) is 0 Å². The first-order valence-electron chi connectivity index (χ1n) is 5.64. The molecule has 1 aliphatic rings. The minimum atomic E-state index is -3.11. The van der Waals surface area contributed by atoms with Crippen molar-refractivity contribution in [1.82, 2.24) is 5.32 Å². The number of hydrogen-bond donors (Lipinski definition) is 2. The van der Waals surface area contributed by atoms with Crippen LogP contribution in [-0.4, -0.2) is 29.1 Å². The van der Waals surface area contributed by atoms with E-state index in [2.05, 4.69) is 10.1 Å². The molecule has 1 amide bonds. The number of carboxylic acid groups (broad SMARTS) is 1. The Morgan fingerprint density at radius 3 is 2.50 bits per heavy atom. The molecule has 0 radical (unpaired) electrons. The van der Waals surface area contributed by atoms with Gasteiger partial charge in [-0.3, -0.25) is 4.79 Å². The molecule has 1 aliphatic carbocycles. The summed E-state index contributed by atoms with van der Waals surface area (Å²) in [6.45, 7) is -3.11. The van der Waals surface area contributed by atoms with E-state index in [1.807, 2.05) is 0 Å². The van der Waals surface area contributed by atoms with Crippen molar-refractivity contribution in [2.75, 3.05) is 0 Å². The molecule has 5 nitrogen and oxygen atoms in total. The highest BCUT2D eigenvalue weighted by molar-refractivity contribution is 5.99. The van der Waals surface area contributed by atoms with Crippen LogP contribution >= 0.6 is 0 Å². The van der Waals surface area contributed by atoms with E-state index < -0.39 is 35.4 Å². The number of rotatable bonds is 5. The van der Waals surface area contributed by atoms with Crippen molar-refractivity contribution in [3.8, 4) is 5.75 Å². The molecule has 8 heteroatoms. The first kappa shape index (κ1) is 14.2. The summed E-state index contributed by atoms with van der Waals surface area (Å²) in [5.74, 6) is -3.54. The van der Waals surface area contributed by atoms with Crippen molar-refractivity contribution in [2.45, 2.75) is 25.0 Å². The summed E-state index contributed by atoms with van der Waals surface area (Å²) in [6, 6.07) is 2.55. The van der Waals surface area contributed by atoms with E-state index in [-0.39, 0.29) is 18.6 Å². The lowest BCUT2D eigenvalue weighted by Gasteiger charge is -2.13. The lowest BCUT2D eigenvalue weighted by Crippen LogP contribution is -2.43. The average molecular weight is 289 g/mol. The standard InChI is InChI=1S/C12H10F3NO4/c13-8-2-1-6(20-11(14)15)5-7(8)9(17)16-12(3-4-12)10(18)19/h1-2,5,11H,3-4H2,(H,16,17)(H,18,19). The monoisotopic (exact) mass is 289 g/mol. The van der Waals surface area contributed by atoms with Gasteiger partial charge in [-0.05, 0) is 31.0 Å². The molecular formula is C12H10F3NO4. The molecule has 1 aromatic carbocycles. The fourth-order valence-electron chi connectivity index (χ4n) is 1.66. The largest absolute Gasteiger partial charge is 0.480 e. The number of carboxylic acids is 1. The summed E-state index contributed by atoms with van der Waals surface area (Å²) >= 11 is 0. The Morgan fingerprint density at radius 1 is 1.35 bits per heavy atom. The number of alkyl halides is 2. The van der Waals surface area contributed by atoms with Crippen LogP contribution in [0, 0.1) is 5.82 Å². The molecule has 0 aromatic heterocycles. The summed E-state index contributed by atoms with van der Waals surface area (Å²) in [5, 5.41) is 11.1. The minimum absolute atomic E-state index is 0.239. The fourth-order valence-corrected chi connectivity index (χ4v) is 1.66. The molecule has 1 saturated carbocycles. The van der Waals surface area contributed by atoms with E-state index in [1.165, 1.54) is 0 Å². The summed E-state index contributed by atoms with van der Waals surface area (Å²) in [6.07, 6.45) is 0.478. The predicted octanol–water partition coefficient (Wildman–Crippen LogP) is 1.77. The average Bonchev–Trinajstić information content (AvgIpc) is 3.12. The molecule has 2 N–H and O–H groups in total. The maximum absolute atomic E-state index is 13.5. The number of carbonyl (C=O) groups excluding carboxylic acids is 1. The van der Waals surface area contributed by atoms with Gasteiger partial charge in [0.15, 0.2) is 0 Å². The fraction of sp³-hybridized carbons (Fsp3) is 0.333. The third-order valence-corrected chi connectivity index (χ3v) is 2.92. The van der Waals surface area contributed by atoms with Gasteiger partial charge in [-0.2, -0.15) is 8.78 Å². The van der Waals surface area contributed by atoms with Crippen LogP contribution in [0.3, 0.4) is 0 Å². The quantitative estimate of drug-likeness (QED) is 0.866. The molecule has 0 unspecified atom stereocenters. The Kier molecular flexibility index (Phi) is 3.56. The molecule has 2 rings (SSSR count). The van der Waals surface area contributed by atoms with E-state index in [0.717, 1.165) is 18.2 Å². The third kappa shape index (κ3) is 2.84. The van der Waals surface area contributed by atoms with Crippen LogP contribution in [0.2, 0.25) is 0 Å². The van der Waals surface area contributed by atoms with E-state index in [4.69, 9.17) is 5.11 Å². The second kappa shape index (κ2) is 5.03. The van der Waals surface area contributed by atoms with Crippen LogP contribution < -0.4 is 10.1 Å². The topological polar surface area (TPSA) is 75.6 Å². The molecule has 0 atom stereocenters. The van der Waals surface area contributed by atoms with Gasteiger partial charge in [0, 0.05) is 0 Å². The Labute approximate surface area is 111 Å². The van der Waals surface area contributed by atoms with Crippen LogP contribution in [0.1, 0.15) is 23.2 Å². The summed E-state index contributed by atoms with van der Waals surface area (Å²) in [7, 11) is 0. The van der Waals surface area contributed by atoms with Crippen molar-refractivity contribution in [3.63, 3.8) is 0 Å². The molecule has 0 bridgehead atoms. The Bertz CT molecular complexity index is 558. The molecule has 0 heterocycles. The molecule has 0 spiro atoms. The van der Waals surface area contributed by atoms with Gasteiger partial charge < -0.3 is 15.2 Å². The third-order valence-electron chi connectivity index (χ3n) is 2.92. The maximum atomic E-state index is 13.5. The van der Waals surface area contributed by atoms with Gasteiger partial charge in [-0.25, -0.2) is 9.18 Å². The normalized spacial score (nSPS) is 15.8. The maximum Gasteiger partial charge on any atom is 0.387 e. The summed E-state index contributed by atoms with van der Waals surface area (Å²) < 4.78 is 41.7. The molecule has 20 heavy (non-hydrogen) atoms. The van der Waals surface area contributed by atoms with Crippen LogP contribution in [-0.2, 0) is 4.79 Å². The lowest BCUT2D eigenvalue weighted by molar-refractivity contribution is -0.140. The lowest BCUT2D eigenvalue weighted by atomic mass is 10.1. The SMILES string of the molecule is O=C(NC1(C(=O)O)CC1)c1cc(OC(F)F)ccc1F. The number of hydrogen-bond acceptors (Lipinski definition) is 3. The van der Waals surface area contributed by atoms with Gasteiger partial charge in [-0.1, -0.05) is 0 Å². The van der Waals surface area contributed by atoms with Crippen molar-refractivity contribution in [3.05, 3.63) is 29.6 Å². The first-order chi connectivity index (χ1) is 9.34. The molecule has 0 saturated heterocycles. The number of benzene rings is 1. The van der Waals surface area contributed by atoms with Gasteiger partial charge in [0.1, 0.15) is 17.1 Å². The number of nitrogens with one attached hydrogen (secondary N) is 1. The zero-order chi connectivity index (χ0) is 14.9. The number of halogens is 3. The Morgan fingerprint density at radius 2 is 2.00 bits per heavy atom.